The van der Waals surface area contributed by atoms with Crippen LogP contribution in [0.2, 0.25) is 0 Å². The van der Waals surface area contributed by atoms with Crippen LogP contribution in [-0.2, 0) is 4.74 Å². The van der Waals surface area contributed by atoms with Gasteiger partial charge in [0.1, 0.15) is 23.9 Å². The zero-order valence-electron chi connectivity index (χ0n) is 19.4. The fraction of sp³-hybridized carbons (Fsp3) is 0.375. The third-order valence-electron chi connectivity index (χ3n) is 6.20. The van der Waals surface area contributed by atoms with E-state index in [1.54, 1.807) is 18.2 Å². The molecule has 3 aromatic heterocycles. The summed E-state index contributed by atoms with van der Waals surface area (Å²) < 4.78 is 68.9. The maximum absolute atomic E-state index is 14.5. The lowest BCUT2D eigenvalue weighted by Crippen LogP contribution is -2.38. The number of aromatic nitrogens is 4. The molecule has 1 unspecified atom stereocenters. The van der Waals surface area contributed by atoms with Crippen LogP contribution in [0.3, 0.4) is 0 Å². The van der Waals surface area contributed by atoms with Gasteiger partial charge >= 0.3 is 6.18 Å². The van der Waals surface area contributed by atoms with E-state index in [-0.39, 0.29) is 55.0 Å². The highest BCUT2D eigenvalue weighted by Gasteiger charge is 2.46. The monoisotopic (exact) mass is 504 g/mol. The van der Waals surface area contributed by atoms with Crippen molar-refractivity contribution < 1.29 is 27.0 Å². The molecule has 0 aliphatic carbocycles. The predicted octanol–water partition coefficient (Wildman–Crippen LogP) is 3.75. The average molecular weight is 504 g/mol. The molecule has 0 spiro atoms. The lowest BCUT2D eigenvalue weighted by molar-refractivity contribution is -0.183. The highest BCUT2D eigenvalue weighted by atomic mass is 19.4. The van der Waals surface area contributed by atoms with Crippen LogP contribution in [0.15, 0.2) is 42.6 Å². The topological polar surface area (TPSA) is 90.8 Å². The molecule has 1 aliphatic rings. The number of fused-ring (bicyclic) bond motifs is 2. The van der Waals surface area contributed by atoms with E-state index >= 15 is 0 Å². The van der Waals surface area contributed by atoms with Crippen LogP contribution in [-0.4, -0.2) is 70.1 Å². The summed E-state index contributed by atoms with van der Waals surface area (Å²) in [5.74, 6) is -0.406. The quantitative estimate of drug-likeness (QED) is 0.303. The second-order valence-electron chi connectivity index (χ2n) is 8.69. The summed E-state index contributed by atoms with van der Waals surface area (Å²) in [5, 5.41) is 8.87. The van der Waals surface area contributed by atoms with E-state index in [0.29, 0.717) is 23.1 Å². The minimum absolute atomic E-state index is 0.0385. The number of rotatable bonds is 7. The molecule has 1 aliphatic heterocycles. The van der Waals surface area contributed by atoms with E-state index < -0.39 is 18.0 Å². The summed E-state index contributed by atoms with van der Waals surface area (Å²) in [6.45, 7) is 0.785. The number of pyridine rings is 2. The largest absolute Gasteiger partial charge is 0.486 e. The molecule has 8 nitrogen and oxygen atoms in total. The molecule has 0 bridgehead atoms. The molecule has 0 amide bonds. The smallest absolute Gasteiger partial charge is 0.408 e. The normalized spacial score (nSPS) is 17.8. The lowest BCUT2D eigenvalue weighted by atomic mass is 10.1. The van der Waals surface area contributed by atoms with Gasteiger partial charge in [-0.05, 0) is 36.2 Å². The fourth-order valence-electron chi connectivity index (χ4n) is 4.53. The molecule has 2 atom stereocenters. The molecule has 0 saturated carbocycles. The van der Waals surface area contributed by atoms with E-state index in [1.807, 2.05) is 0 Å². The lowest BCUT2D eigenvalue weighted by Gasteiger charge is -2.30. The van der Waals surface area contributed by atoms with E-state index in [2.05, 4.69) is 15.2 Å². The number of methoxy groups -OCH3 is 1. The molecule has 0 radical (unpaired) electrons. The molecular formula is C24H24F4N6O2. The van der Waals surface area contributed by atoms with Crippen molar-refractivity contribution in [2.45, 2.75) is 24.7 Å². The zero-order chi connectivity index (χ0) is 25.4. The van der Waals surface area contributed by atoms with Gasteiger partial charge in [0, 0.05) is 37.8 Å². The molecule has 190 valence electrons. The number of nitrogens with zero attached hydrogens (tertiary/aromatic N) is 5. The van der Waals surface area contributed by atoms with Crippen LogP contribution in [0.1, 0.15) is 18.0 Å². The minimum Gasteiger partial charge on any atom is -0.486 e. The number of halogens is 4. The Hall–Kier alpha value is -3.35. The molecule has 5 rings (SSSR count). The maximum Gasteiger partial charge on any atom is 0.408 e. The summed E-state index contributed by atoms with van der Waals surface area (Å²) in [5.41, 5.74) is 6.84. The van der Waals surface area contributed by atoms with Gasteiger partial charge in [0.05, 0.1) is 6.61 Å². The second kappa shape index (κ2) is 9.60. The summed E-state index contributed by atoms with van der Waals surface area (Å²) in [7, 11) is 1.51. The molecule has 1 fully saturated rings. The first-order chi connectivity index (χ1) is 17.3. The Morgan fingerprint density at radius 1 is 1.11 bits per heavy atom. The molecule has 2 N–H and O–H groups in total. The van der Waals surface area contributed by atoms with Gasteiger partial charge in [0.2, 0.25) is 0 Å². The van der Waals surface area contributed by atoms with E-state index in [9.17, 15) is 17.6 Å². The Bertz CT molecular complexity index is 1390. The maximum atomic E-state index is 14.5. The van der Waals surface area contributed by atoms with Crippen molar-refractivity contribution >= 4 is 16.6 Å². The standard InChI is InChI=1S/C24H24F4N6O2/c1-35-10-11-36-21-17(25)5-2-14-3-6-18(30-20(14)21)23-32-31-19-7-4-15(12-34(19)23)22(24(26,27)28)33-9-8-16(29)13-33/h2-7,12,16,22H,8-11,13,29H2,1H3/t16?,22-/m1/s1. The first kappa shape index (κ1) is 24.3. The highest BCUT2D eigenvalue weighted by molar-refractivity contribution is 5.86. The van der Waals surface area contributed by atoms with Crippen LogP contribution in [0.5, 0.6) is 5.75 Å². The second-order valence-corrected chi connectivity index (χ2v) is 8.69. The van der Waals surface area contributed by atoms with Crippen LogP contribution >= 0.6 is 0 Å². The van der Waals surface area contributed by atoms with Gasteiger partial charge in [0.25, 0.3) is 0 Å². The minimum atomic E-state index is -4.50. The van der Waals surface area contributed by atoms with Crippen molar-refractivity contribution in [3.05, 3.63) is 54.0 Å². The van der Waals surface area contributed by atoms with E-state index in [4.69, 9.17) is 15.2 Å². The third kappa shape index (κ3) is 4.59. The molecule has 1 saturated heterocycles. The average Bonchev–Trinajstić information content (AvgIpc) is 3.45. The highest BCUT2D eigenvalue weighted by Crippen LogP contribution is 2.39. The molecule has 4 aromatic rings. The summed E-state index contributed by atoms with van der Waals surface area (Å²) >= 11 is 0. The SMILES string of the molecule is COCCOc1c(F)ccc2ccc(-c3nnc4ccc([C@@H](N5CCC(N)C5)C(F)(F)F)cn34)nc12. The van der Waals surface area contributed by atoms with Crippen molar-refractivity contribution in [1.29, 1.82) is 0 Å². The van der Waals surface area contributed by atoms with Crippen LogP contribution < -0.4 is 10.5 Å². The third-order valence-corrected chi connectivity index (χ3v) is 6.20. The number of benzene rings is 1. The van der Waals surface area contributed by atoms with E-state index in [1.165, 1.54) is 40.8 Å². The molecule has 36 heavy (non-hydrogen) atoms. The van der Waals surface area contributed by atoms with Crippen LogP contribution in [0, 0.1) is 5.82 Å². The van der Waals surface area contributed by atoms with Gasteiger partial charge in [-0.1, -0.05) is 12.1 Å². The molecule has 12 heteroatoms. The van der Waals surface area contributed by atoms with Gasteiger partial charge in [-0.2, -0.15) is 13.2 Å². The molecule has 1 aromatic carbocycles. The Labute approximate surface area is 203 Å². The van der Waals surface area contributed by atoms with E-state index in [0.717, 1.165) is 0 Å². The first-order valence-electron chi connectivity index (χ1n) is 11.4. The summed E-state index contributed by atoms with van der Waals surface area (Å²) in [6.07, 6.45) is -2.63. The van der Waals surface area contributed by atoms with Gasteiger partial charge in [0.15, 0.2) is 23.0 Å². The van der Waals surface area contributed by atoms with Crippen LogP contribution in [0.25, 0.3) is 28.1 Å². The summed E-state index contributed by atoms with van der Waals surface area (Å²) in [4.78, 5) is 5.88. The molecular weight excluding hydrogens is 480 g/mol. The van der Waals surface area contributed by atoms with Crippen LogP contribution in [0.4, 0.5) is 17.6 Å². The van der Waals surface area contributed by atoms with Gasteiger partial charge in [-0.3, -0.25) is 9.30 Å². The van der Waals surface area contributed by atoms with Crippen molar-refractivity contribution in [3.63, 3.8) is 0 Å². The number of hydrogen-bond acceptors (Lipinski definition) is 7. The first-order valence-corrected chi connectivity index (χ1v) is 11.4. The Kier molecular flexibility index (Phi) is 6.49. The number of nitrogens with two attached hydrogens (primary N) is 1. The van der Waals surface area contributed by atoms with Crippen molar-refractivity contribution in [1.82, 2.24) is 24.5 Å². The molecule has 4 heterocycles. The number of likely N-dealkylation sites (tertiary alicyclic amines) is 1. The number of ether oxygens (including phenoxy) is 2. The Balaban J connectivity index is 1.58. The summed E-state index contributed by atoms with van der Waals surface area (Å²) in [6, 6.07) is 7.00. The number of alkyl halides is 3. The zero-order valence-corrected chi connectivity index (χ0v) is 19.4. The number of hydrogen-bond donors (Lipinski definition) is 1. The predicted molar refractivity (Wildman–Crippen MR) is 124 cm³/mol. The van der Waals surface area contributed by atoms with Gasteiger partial charge < -0.3 is 15.2 Å². The fourth-order valence-corrected chi connectivity index (χ4v) is 4.53. The van der Waals surface area contributed by atoms with Crippen molar-refractivity contribution in [2.75, 3.05) is 33.4 Å². The van der Waals surface area contributed by atoms with Gasteiger partial charge in [-0.25, -0.2) is 9.37 Å². The van der Waals surface area contributed by atoms with Gasteiger partial charge in [-0.15, -0.1) is 10.2 Å². The Morgan fingerprint density at radius 2 is 1.92 bits per heavy atom. The Morgan fingerprint density at radius 3 is 2.64 bits per heavy atom. The van der Waals surface area contributed by atoms with Crippen molar-refractivity contribution in [3.8, 4) is 17.3 Å². The van der Waals surface area contributed by atoms with Crippen molar-refractivity contribution in [2.24, 2.45) is 5.73 Å².